The molecule has 0 saturated carbocycles. The van der Waals surface area contributed by atoms with E-state index in [1.54, 1.807) is 11.0 Å². The summed E-state index contributed by atoms with van der Waals surface area (Å²) < 4.78 is 0. The van der Waals surface area contributed by atoms with Crippen molar-refractivity contribution in [3.63, 3.8) is 0 Å². The zero-order valence-corrected chi connectivity index (χ0v) is 14.9. The molecular formula is C17H26N4O3. The van der Waals surface area contributed by atoms with Crippen LogP contribution in [0.1, 0.15) is 55.6 Å². The summed E-state index contributed by atoms with van der Waals surface area (Å²) in [5, 5.41) is 0. The third-order valence-corrected chi connectivity index (χ3v) is 4.26. The molecule has 1 aliphatic rings. The molecule has 0 aliphatic carbocycles. The normalized spacial score (nSPS) is 21.7. The number of carbonyl (C=O) groups excluding carboxylic acids is 3. The highest BCUT2D eigenvalue weighted by Crippen LogP contribution is 2.24. The van der Waals surface area contributed by atoms with Crippen molar-refractivity contribution in [1.82, 2.24) is 14.8 Å². The molecule has 2 rings (SSSR count). The van der Waals surface area contributed by atoms with Gasteiger partial charge in [0.2, 0.25) is 5.91 Å². The molecule has 3 N–H and O–H groups in total. The van der Waals surface area contributed by atoms with E-state index in [0.717, 1.165) is 0 Å². The van der Waals surface area contributed by atoms with Gasteiger partial charge in [-0.15, -0.1) is 0 Å². The number of aromatic nitrogens is 1. The Morgan fingerprint density at radius 1 is 1.08 bits per heavy atom. The zero-order chi connectivity index (χ0) is 18.2. The van der Waals surface area contributed by atoms with Crippen molar-refractivity contribution in [3.8, 4) is 0 Å². The Bertz CT molecular complexity index is 647. The summed E-state index contributed by atoms with van der Waals surface area (Å²) in [5.74, 6) is -0.703. The van der Waals surface area contributed by atoms with Crippen LogP contribution in [0, 0.1) is 5.41 Å². The van der Waals surface area contributed by atoms with Crippen LogP contribution in [0.4, 0.5) is 0 Å². The summed E-state index contributed by atoms with van der Waals surface area (Å²) in [4.78, 5) is 42.8. The summed E-state index contributed by atoms with van der Waals surface area (Å²) in [6.07, 6.45) is 0. The molecule has 2 heterocycles. The molecule has 1 saturated heterocycles. The van der Waals surface area contributed by atoms with E-state index in [9.17, 15) is 14.4 Å². The molecule has 2 atom stereocenters. The van der Waals surface area contributed by atoms with Crippen molar-refractivity contribution in [3.05, 3.63) is 23.5 Å². The van der Waals surface area contributed by atoms with Gasteiger partial charge in [0.05, 0.1) is 0 Å². The summed E-state index contributed by atoms with van der Waals surface area (Å²) in [6.45, 7) is 10.5. The van der Waals surface area contributed by atoms with Crippen LogP contribution in [0.15, 0.2) is 12.1 Å². The van der Waals surface area contributed by atoms with Gasteiger partial charge in [-0.25, -0.2) is 0 Å². The average Bonchev–Trinajstić information content (AvgIpc) is 2.94. The van der Waals surface area contributed by atoms with Crippen LogP contribution in [-0.4, -0.2) is 57.7 Å². The number of primary amides is 1. The lowest BCUT2D eigenvalue weighted by Crippen LogP contribution is -2.61. The average molecular weight is 334 g/mol. The van der Waals surface area contributed by atoms with Crippen LogP contribution in [0.2, 0.25) is 0 Å². The van der Waals surface area contributed by atoms with Gasteiger partial charge in [-0.3, -0.25) is 14.4 Å². The maximum absolute atomic E-state index is 12.8. The van der Waals surface area contributed by atoms with Crippen molar-refractivity contribution in [1.29, 1.82) is 0 Å². The monoisotopic (exact) mass is 334 g/mol. The van der Waals surface area contributed by atoms with Crippen LogP contribution >= 0.6 is 0 Å². The largest absolute Gasteiger partial charge is 0.364 e. The second-order valence-corrected chi connectivity index (χ2v) is 7.52. The van der Waals surface area contributed by atoms with E-state index in [1.165, 1.54) is 6.07 Å². The molecule has 3 amide bonds. The van der Waals surface area contributed by atoms with E-state index >= 15 is 0 Å². The molecule has 0 aromatic carbocycles. The van der Waals surface area contributed by atoms with Crippen LogP contribution in [0.25, 0.3) is 0 Å². The molecule has 1 aliphatic heterocycles. The lowest BCUT2D eigenvalue weighted by Gasteiger charge is -2.45. The molecule has 132 valence electrons. The van der Waals surface area contributed by atoms with E-state index in [0.29, 0.717) is 18.8 Å². The standard InChI is InChI=1S/C17H26N4O3/c1-10-8-20(16(24)17(3,4)5)9-11(2)21(10)15(23)13-7-6-12(19-13)14(18)22/h6-7,10-11,19H,8-9H2,1-5H3,(H2,18,22). The van der Waals surface area contributed by atoms with Gasteiger partial charge in [0.1, 0.15) is 11.4 Å². The first-order valence-corrected chi connectivity index (χ1v) is 8.13. The lowest BCUT2D eigenvalue weighted by molar-refractivity contribution is -0.143. The van der Waals surface area contributed by atoms with E-state index in [-0.39, 0.29) is 29.6 Å². The van der Waals surface area contributed by atoms with Crippen molar-refractivity contribution in [2.75, 3.05) is 13.1 Å². The molecule has 0 bridgehead atoms. The number of hydrogen-bond acceptors (Lipinski definition) is 3. The molecule has 1 aromatic heterocycles. The highest BCUT2D eigenvalue weighted by molar-refractivity contribution is 5.97. The van der Waals surface area contributed by atoms with Crippen LogP contribution in [0.5, 0.6) is 0 Å². The SMILES string of the molecule is CC1CN(C(=O)C(C)(C)C)CC(C)N1C(=O)c1ccc(C(N)=O)[nH]1. The van der Waals surface area contributed by atoms with Gasteiger partial charge in [-0.05, 0) is 26.0 Å². The van der Waals surface area contributed by atoms with Crippen LogP contribution in [0.3, 0.4) is 0 Å². The summed E-state index contributed by atoms with van der Waals surface area (Å²) in [5.41, 5.74) is 5.31. The maximum Gasteiger partial charge on any atom is 0.270 e. The maximum atomic E-state index is 12.8. The third-order valence-electron chi connectivity index (χ3n) is 4.26. The Kier molecular flexibility index (Phi) is 4.73. The Labute approximate surface area is 142 Å². The Morgan fingerprint density at radius 3 is 2.00 bits per heavy atom. The molecule has 24 heavy (non-hydrogen) atoms. The highest BCUT2D eigenvalue weighted by Gasteiger charge is 2.38. The molecule has 1 fully saturated rings. The number of rotatable bonds is 2. The fourth-order valence-corrected chi connectivity index (χ4v) is 3.17. The van der Waals surface area contributed by atoms with Gasteiger partial charge >= 0.3 is 0 Å². The number of hydrogen-bond donors (Lipinski definition) is 2. The quantitative estimate of drug-likeness (QED) is 0.850. The summed E-state index contributed by atoms with van der Waals surface area (Å²) >= 11 is 0. The number of nitrogens with zero attached hydrogens (tertiary/aromatic N) is 2. The van der Waals surface area contributed by atoms with Gasteiger partial charge in [-0.1, -0.05) is 20.8 Å². The van der Waals surface area contributed by atoms with E-state index in [1.807, 2.05) is 39.5 Å². The minimum Gasteiger partial charge on any atom is -0.364 e. The van der Waals surface area contributed by atoms with Crippen molar-refractivity contribution in [2.24, 2.45) is 11.1 Å². The smallest absolute Gasteiger partial charge is 0.270 e. The number of amides is 3. The number of nitrogens with one attached hydrogen (secondary N) is 1. The number of carbonyl (C=O) groups is 3. The van der Waals surface area contributed by atoms with E-state index in [2.05, 4.69) is 4.98 Å². The van der Waals surface area contributed by atoms with Gasteiger partial charge in [0, 0.05) is 30.6 Å². The van der Waals surface area contributed by atoms with Crippen molar-refractivity contribution in [2.45, 2.75) is 46.7 Å². The number of aromatic amines is 1. The third kappa shape index (κ3) is 3.44. The van der Waals surface area contributed by atoms with Crippen LogP contribution in [-0.2, 0) is 4.79 Å². The van der Waals surface area contributed by atoms with Crippen LogP contribution < -0.4 is 5.73 Å². The molecule has 7 heteroatoms. The molecule has 1 aromatic rings. The fraction of sp³-hybridized carbons (Fsp3) is 0.588. The second kappa shape index (κ2) is 6.30. The topological polar surface area (TPSA) is 99.5 Å². The lowest BCUT2D eigenvalue weighted by atomic mass is 9.93. The van der Waals surface area contributed by atoms with Crippen molar-refractivity contribution < 1.29 is 14.4 Å². The number of nitrogens with two attached hydrogens (primary N) is 1. The molecule has 7 nitrogen and oxygen atoms in total. The minimum atomic E-state index is -0.601. The summed E-state index contributed by atoms with van der Waals surface area (Å²) in [7, 11) is 0. The van der Waals surface area contributed by atoms with Gasteiger partial charge in [0.15, 0.2) is 0 Å². The number of piperazine rings is 1. The minimum absolute atomic E-state index is 0.0872. The summed E-state index contributed by atoms with van der Waals surface area (Å²) in [6, 6.07) is 2.83. The molecule has 2 unspecified atom stereocenters. The Hall–Kier alpha value is -2.31. The second-order valence-electron chi connectivity index (χ2n) is 7.52. The molecule has 0 spiro atoms. The van der Waals surface area contributed by atoms with E-state index in [4.69, 9.17) is 5.73 Å². The van der Waals surface area contributed by atoms with Gasteiger partial charge in [0.25, 0.3) is 11.8 Å². The van der Waals surface area contributed by atoms with Gasteiger partial charge in [-0.2, -0.15) is 0 Å². The first-order chi connectivity index (χ1) is 11.0. The number of H-pyrrole nitrogens is 1. The molecular weight excluding hydrogens is 308 g/mol. The predicted octanol–water partition coefficient (Wildman–Crippen LogP) is 1.22. The van der Waals surface area contributed by atoms with Gasteiger partial charge < -0.3 is 20.5 Å². The first kappa shape index (κ1) is 18.0. The highest BCUT2D eigenvalue weighted by atomic mass is 16.2. The molecule has 0 radical (unpaired) electrons. The predicted molar refractivity (Wildman–Crippen MR) is 90.4 cm³/mol. The first-order valence-electron chi connectivity index (χ1n) is 8.13. The van der Waals surface area contributed by atoms with E-state index < -0.39 is 11.3 Å². The Morgan fingerprint density at radius 2 is 1.58 bits per heavy atom. The van der Waals surface area contributed by atoms with Crippen molar-refractivity contribution >= 4 is 17.7 Å². The zero-order valence-electron chi connectivity index (χ0n) is 14.9. The Balaban J connectivity index is 2.16. The fourth-order valence-electron chi connectivity index (χ4n) is 3.17.